The van der Waals surface area contributed by atoms with E-state index in [1.807, 2.05) is 11.6 Å². The van der Waals surface area contributed by atoms with Crippen LogP contribution in [0.5, 0.6) is 0 Å². The van der Waals surface area contributed by atoms with Gasteiger partial charge in [-0.1, -0.05) is 6.92 Å². The molecule has 23 heavy (non-hydrogen) atoms. The van der Waals surface area contributed by atoms with Crippen LogP contribution >= 0.6 is 0 Å². The summed E-state index contributed by atoms with van der Waals surface area (Å²) in [6, 6.07) is 2.28. The smallest absolute Gasteiger partial charge is 0.151 e. The van der Waals surface area contributed by atoms with Crippen LogP contribution in [0.3, 0.4) is 0 Å². The summed E-state index contributed by atoms with van der Waals surface area (Å²) in [4.78, 5) is 2.27. The van der Waals surface area contributed by atoms with Crippen LogP contribution in [0.1, 0.15) is 30.3 Å². The number of hydrogen-bond donors (Lipinski definition) is 0. The molecule has 126 valence electrons. The van der Waals surface area contributed by atoms with Crippen molar-refractivity contribution in [2.24, 2.45) is 0 Å². The summed E-state index contributed by atoms with van der Waals surface area (Å²) >= 11 is 0. The lowest BCUT2D eigenvalue weighted by atomic mass is 10.1. The Morgan fingerprint density at radius 1 is 1.30 bits per heavy atom. The van der Waals surface area contributed by atoms with Crippen LogP contribution in [-0.2, 0) is 16.4 Å². The standard InChI is InChI=1S/C15H23N5O2S/c1-4-18(15-5-6-23(21,22)9-15)8-14-7-12(2)20(13(14)3)19-10-16-17-11-19/h7,10-11,15H,4-6,8-9H2,1-3H3. The summed E-state index contributed by atoms with van der Waals surface area (Å²) in [5, 5.41) is 7.72. The van der Waals surface area contributed by atoms with Gasteiger partial charge in [0.25, 0.3) is 0 Å². The number of aromatic nitrogens is 4. The normalized spacial score (nSPS) is 20.4. The van der Waals surface area contributed by atoms with Gasteiger partial charge in [0.15, 0.2) is 9.84 Å². The second-order valence-electron chi connectivity index (χ2n) is 6.17. The highest BCUT2D eigenvalue weighted by molar-refractivity contribution is 7.91. The fourth-order valence-corrected chi connectivity index (χ4v) is 5.18. The van der Waals surface area contributed by atoms with Crippen molar-refractivity contribution in [2.45, 2.75) is 39.8 Å². The van der Waals surface area contributed by atoms with Crippen molar-refractivity contribution in [3.8, 4) is 0 Å². The van der Waals surface area contributed by atoms with Crippen LogP contribution < -0.4 is 0 Å². The Balaban J connectivity index is 1.84. The maximum Gasteiger partial charge on any atom is 0.151 e. The van der Waals surface area contributed by atoms with E-state index in [-0.39, 0.29) is 11.8 Å². The van der Waals surface area contributed by atoms with Crippen molar-refractivity contribution in [3.05, 3.63) is 35.7 Å². The molecule has 0 bridgehead atoms. The number of sulfone groups is 1. The Kier molecular flexibility index (Phi) is 4.29. The van der Waals surface area contributed by atoms with Crippen LogP contribution in [0.4, 0.5) is 0 Å². The van der Waals surface area contributed by atoms with Gasteiger partial charge in [0, 0.05) is 24.0 Å². The van der Waals surface area contributed by atoms with Gasteiger partial charge in [0.2, 0.25) is 0 Å². The third kappa shape index (κ3) is 3.18. The highest BCUT2D eigenvalue weighted by Gasteiger charge is 2.32. The van der Waals surface area contributed by atoms with E-state index in [1.165, 1.54) is 5.56 Å². The number of aryl methyl sites for hydroxylation is 1. The van der Waals surface area contributed by atoms with Crippen molar-refractivity contribution in [3.63, 3.8) is 0 Å². The molecule has 0 amide bonds. The molecule has 0 aliphatic carbocycles. The molecule has 3 rings (SSSR count). The van der Waals surface area contributed by atoms with E-state index < -0.39 is 9.84 Å². The summed E-state index contributed by atoms with van der Waals surface area (Å²) in [6.45, 7) is 7.81. The van der Waals surface area contributed by atoms with E-state index >= 15 is 0 Å². The predicted molar refractivity (Wildman–Crippen MR) is 87.9 cm³/mol. The molecule has 1 unspecified atom stereocenters. The third-order valence-corrected chi connectivity index (χ3v) is 6.39. The molecule has 0 spiro atoms. The van der Waals surface area contributed by atoms with E-state index in [4.69, 9.17) is 0 Å². The Labute approximate surface area is 136 Å². The first-order chi connectivity index (χ1) is 10.9. The SMILES string of the molecule is CCN(Cc1cc(C)n(-n2cnnc2)c1C)C1CCS(=O)(=O)C1. The Hall–Kier alpha value is -1.67. The summed E-state index contributed by atoms with van der Waals surface area (Å²) in [5.74, 6) is 0.596. The van der Waals surface area contributed by atoms with Crippen LogP contribution in [0.15, 0.2) is 18.7 Å². The maximum atomic E-state index is 11.7. The Morgan fingerprint density at radius 2 is 2.00 bits per heavy atom. The molecule has 0 radical (unpaired) electrons. The highest BCUT2D eigenvalue weighted by Crippen LogP contribution is 2.22. The molecule has 1 saturated heterocycles. The average molecular weight is 337 g/mol. The lowest BCUT2D eigenvalue weighted by molar-refractivity contribution is 0.214. The molecule has 1 fully saturated rings. The van der Waals surface area contributed by atoms with E-state index in [2.05, 4.69) is 39.7 Å². The minimum Gasteiger partial charge on any atom is -0.295 e. The van der Waals surface area contributed by atoms with Gasteiger partial charge in [0.1, 0.15) is 12.7 Å². The van der Waals surface area contributed by atoms with Gasteiger partial charge in [0.05, 0.1) is 11.5 Å². The molecule has 2 aromatic rings. The van der Waals surface area contributed by atoms with Gasteiger partial charge in [-0.25, -0.2) is 13.1 Å². The van der Waals surface area contributed by atoms with Crippen molar-refractivity contribution < 1.29 is 8.42 Å². The number of hydrogen-bond acceptors (Lipinski definition) is 5. The van der Waals surface area contributed by atoms with Crippen LogP contribution in [0.2, 0.25) is 0 Å². The van der Waals surface area contributed by atoms with E-state index in [9.17, 15) is 8.42 Å². The van der Waals surface area contributed by atoms with Crippen LogP contribution in [-0.4, -0.2) is 57.0 Å². The number of nitrogens with zero attached hydrogens (tertiary/aromatic N) is 5. The van der Waals surface area contributed by atoms with E-state index in [0.717, 1.165) is 30.9 Å². The monoisotopic (exact) mass is 337 g/mol. The minimum absolute atomic E-state index is 0.128. The first-order valence-corrected chi connectivity index (χ1v) is 9.71. The maximum absolute atomic E-state index is 11.7. The molecule has 7 nitrogen and oxygen atoms in total. The molecule has 1 aliphatic rings. The first kappa shape index (κ1) is 16.2. The van der Waals surface area contributed by atoms with E-state index in [0.29, 0.717) is 5.75 Å². The molecular formula is C15H23N5O2S. The Bertz CT molecular complexity index is 779. The quantitative estimate of drug-likeness (QED) is 0.814. The predicted octanol–water partition coefficient (Wildman–Crippen LogP) is 1.02. The molecular weight excluding hydrogens is 314 g/mol. The zero-order valence-corrected chi connectivity index (χ0v) is 14.6. The lowest BCUT2D eigenvalue weighted by Gasteiger charge is -2.26. The average Bonchev–Trinajstić information content (AvgIpc) is 3.18. The summed E-state index contributed by atoms with van der Waals surface area (Å²) < 4.78 is 27.4. The van der Waals surface area contributed by atoms with Crippen molar-refractivity contribution in [1.29, 1.82) is 0 Å². The van der Waals surface area contributed by atoms with Crippen molar-refractivity contribution in [1.82, 2.24) is 24.4 Å². The van der Waals surface area contributed by atoms with Gasteiger partial charge < -0.3 is 0 Å². The number of rotatable bonds is 5. The molecule has 8 heteroatoms. The van der Waals surface area contributed by atoms with Gasteiger partial charge in [-0.3, -0.25) is 9.58 Å². The zero-order chi connectivity index (χ0) is 16.6. The molecule has 1 aliphatic heterocycles. The summed E-state index contributed by atoms with van der Waals surface area (Å²) in [7, 11) is -2.86. The lowest BCUT2D eigenvalue weighted by Crippen LogP contribution is -2.35. The minimum atomic E-state index is -2.86. The van der Waals surface area contributed by atoms with Gasteiger partial charge in [-0.2, -0.15) is 0 Å². The summed E-state index contributed by atoms with van der Waals surface area (Å²) in [6.07, 6.45) is 4.08. The molecule has 0 aromatic carbocycles. The van der Waals surface area contributed by atoms with Crippen LogP contribution in [0.25, 0.3) is 0 Å². The first-order valence-electron chi connectivity index (χ1n) is 7.89. The second-order valence-corrected chi connectivity index (χ2v) is 8.40. The fraction of sp³-hybridized carbons (Fsp3) is 0.600. The topological polar surface area (TPSA) is 73.0 Å². The molecule has 2 aromatic heterocycles. The van der Waals surface area contributed by atoms with Gasteiger partial charge >= 0.3 is 0 Å². The Morgan fingerprint density at radius 3 is 2.57 bits per heavy atom. The van der Waals surface area contributed by atoms with Crippen molar-refractivity contribution in [2.75, 3.05) is 18.1 Å². The van der Waals surface area contributed by atoms with E-state index in [1.54, 1.807) is 12.7 Å². The van der Waals surface area contributed by atoms with Gasteiger partial charge in [-0.05, 0) is 38.4 Å². The summed E-state index contributed by atoms with van der Waals surface area (Å²) in [5.41, 5.74) is 3.44. The second kappa shape index (κ2) is 6.09. The third-order valence-electron chi connectivity index (χ3n) is 4.64. The molecule has 0 saturated carbocycles. The molecule has 0 N–H and O–H groups in total. The highest BCUT2D eigenvalue weighted by atomic mass is 32.2. The van der Waals surface area contributed by atoms with Crippen LogP contribution in [0, 0.1) is 13.8 Å². The van der Waals surface area contributed by atoms with Crippen molar-refractivity contribution >= 4 is 9.84 Å². The molecule has 1 atom stereocenters. The largest absolute Gasteiger partial charge is 0.295 e. The zero-order valence-electron chi connectivity index (χ0n) is 13.8. The fourth-order valence-electron chi connectivity index (χ4n) is 3.41. The molecule has 3 heterocycles. The van der Waals surface area contributed by atoms with Gasteiger partial charge in [-0.15, -0.1) is 10.2 Å².